The zero-order chi connectivity index (χ0) is 14.0. The van der Waals surface area contributed by atoms with E-state index < -0.39 is 16.1 Å². The first-order valence-corrected chi connectivity index (χ1v) is 8.08. The molecule has 1 fully saturated rings. The molecule has 1 aliphatic heterocycles. The van der Waals surface area contributed by atoms with Gasteiger partial charge < -0.3 is 5.32 Å². The Morgan fingerprint density at radius 3 is 2.89 bits per heavy atom. The third-order valence-corrected chi connectivity index (χ3v) is 5.87. The first kappa shape index (κ1) is 14.5. The molecule has 102 valence electrons. The van der Waals surface area contributed by atoms with Crippen LogP contribution in [0.4, 0.5) is 0 Å². The third-order valence-electron chi connectivity index (χ3n) is 3.08. The summed E-state index contributed by atoms with van der Waals surface area (Å²) in [6, 6.07) is 6.27. The molecule has 1 saturated heterocycles. The summed E-state index contributed by atoms with van der Waals surface area (Å²) >= 11 is 3.35. The molecule has 1 atom stereocenters. The standard InChI is InChI=1S/C12H14BrN3O2S/c1-9-6-11(2-3-12(9)13)19(17,18)16-5-4-15-8-10(16)7-14/h2-3,6,10,15H,4-5,8H2,1H3. The minimum atomic E-state index is -3.61. The monoisotopic (exact) mass is 343 g/mol. The molecule has 1 N–H and O–H groups in total. The number of piperazine rings is 1. The van der Waals surface area contributed by atoms with Crippen LogP contribution in [0.3, 0.4) is 0 Å². The summed E-state index contributed by atoms with van der Waals surface area (Å²) in [5.41, 5.74) is 0.852. The number of sulfonamides is 1. The highest BCUT2D eigenvalue weighted by Crippen LogP contribution is 2.24. The molecule has 1 aromatic carbocycles. The van der Waals surface area contributed by atoms with E-state index in [1.807, 2.05) is 13.0 Å². The van der Waals surface area contributed by atoms with E-state index in [0.717, 1.165) is 10.0 Å². The van der Waals surface area contributed by atoms with Gasteiger partial charge in [-0.15, -0.1) is 0 Å². The molecule has 0 aromatic heterocycles. The van der Waals surface area contributed by atoms with E-state index in [1.54, 1.807) is 18.2 Å². The van der Waals surface area contributed by atoms with Crippen LogP contribution in [0.5, 0.6) is 0 Å². The average Bonchev–Trinajstić information content (AvgIpc) is 2.41. The normalized spacial score (nSPS) is 21.0. The molecule has 5 nitrogen and oxygen atoms in total. The van der Waals surface area contributed by atoms with Gasteiger partial charge in [0.2, 0.25) is 10.0 Å². The zero-order valence-electron chi connectivity index (χ0n) is 10.4. The molecule has 1 unspecified atom stereocenters. The fourth-order valence-electron chi connectivity index (χ4n) is 2.00. The minimum absolute atomic E-state index is 0.232. The van der Waals surface area contributed by atoms with Crippen molar-refractivity contribution >= 4 is 26.0 Å². The van der Waals surface area contributed by atoms with E-state index in [1.165, 1.54) is 4.31 Å². The lowest BCUT2D eigenvalue weighted by atomic mass is 10.2. The first-order chi connectivity index (χ1) is 8.96. The lowest BCUT2D eigenvalue weighted by Gasteiger charge is -2.31. The van der Waals surface area contributed by atoms with Gasteiger partial charge in [-0.25, -0.2) is 8.42 Å². The highest BCUT2D eigenvalue weighted by Gasteiger charge is 2.33. The van der Waals surface area contributed by atoms with Crippen LogP contribution in [0, 0.1) is 18.3 Å². The van der Waals surface area contributed by atoms with Gasteiger partial charge in [-0.2, -0.15) is 9.57 Å². The van der Waals surface area contributed by atoms with Gasteiger partial charge in [0.25, 0.3) is 0 Å². The van der Waals surface area contributed by atoms with E-state index in [9.17, 15) is 8.42 Å². The van der Waals surface area contributed by atoms with Gasteiger partial charge in [-0.3, -0.25) is 0 Å². The third kappa shape index (κ3) is 2.82. The second kappa shape index (κ2) is 5.59. The quantitative estimate of drug-likeness (QED) is 0.876. The molecular formula is C12H14BrN3O2S. The number of hydrogen-bond donors (Lipinski definition) is 1. The van der Waals surface area contributed by atoms with Crippen molar-refractivity contribution in [3.05, 3.63) is 28.2 Å². The molecule has 0 aliphatic carbocycles. The van der Waals surface area contributed by atoms with Crippen molar-refractivity contribution in [2.24, 2.45) is 0 Å². The lowest BCUT2D eigenvalue weighted by Crippen LogP contribution is -2.52. The van der Waals surface area contributed by atoms with Crippen molar-refractivity contribution < 1.29 is 8.42 Å². The Kier molecular flexibility index (Phi) is 4.26. The molecule has 0 radical (unpaired) electrons. The number of nitrogens with one attached hydrogen (secondary N) is 1. The zero-order valence-corrected chi connectivity index (χ0v) is 12.8. The van der Waals surface area contributed by atoms with Crippen LogP contribution >= 0.6 is 15.9 Å². The van der Waals surface area contributed by atoms with Crippen molar-refractivity contribution in [2.45, 2.75) is 17.9 Å². The summed E-state index contributed by atoms with van der Waals surface area (Å²) in [6.07, 6.45) is 0. The number of hydrogen-bond acceptors (Lipinski definition) is 4. The van der Waals surface area contributed by atoms with Gasteiger partial charge in [0.1, 0.15) is 6.04 Å². The first-order valence-electron chi connectivity index (χ1n) is 5.85. The smallest absolute Gasteiger partial charge is 0.244 e. The molecule has 0 bridgehead atoms. The van der Waals surface area contributed by atoms with Crippen molar-refractivity contribution in [3.8, 4) is 6.07 Å². The Morgan fingerprint density at radius 1 is 1.53 bits per heavy atom. The van der Waals surface area contributed by atoms with Gasteiger partial charge in [0.15, 0.2) is 0 Å². The van der Waals surface area contributed by atoms with Crippen molar-refractivity contribution in [3.63, 3.8) is 0 Å². The highest BCUT2D eigenvalue weighted by atomic mass is 79.9. The molecule has 19 heavy (non-hydrogen) atoms. The van der Waals surface area contributed by atoms with Crippen LogP contribution in [0.1, 0.15) is 5.56 Å². The summed E-state index contributed by atoms with van der Waals surface area (Å²) < 4.78 is 27.2. The summed E-state index contributed by atoms with van der Waals surface area (Å²) in [4.78, 5) is 0.232. The predicted molar refractivity (Wildman–Crippen MR) is 75.0 cm³/mol. The average molecular weight is 344 g/mol. The summed E-state index contributed by atoms with van der Waals surface area (Å²) in [7, 11) is -3.61. The Balaban J connectivity index is 2.41. The van der Waals surface area contributed by atoms with Crippen LogP contribution < -0.4 is 5.32 Å². The fourth-order valence-corrected chi connectivity index (χ4v) is 3.87. The molecule has 1 heterocycles. The Labute approximate surface area is 121 Å². The second-order valence-electron chi connectivity index (χ2n) is 4.38. The Hall–Kier alpha value is -0.940. The maximum absolute atomic E-state index is 12.6. The fraction of sp³-hybridized carbons (Fsp3) is 0.417. The van der Waals surface area contributed by atoms with Crippen LogP contribution in [0.2, 0.25) is 0 Å². The van der Waals surface area contributed by atoms with Gasteiger partial charge in [0.05, 0.1) is 11.0 Å². The van der Waals surface area contributed by atoms with Crippen LogP contribution in [0.15, 0.2) is 27.6 Å². The van der Waals surface area contributed by atoms with Crippen molar-refractivity contribution in [1.82, 2.24) is 9.62 Å². The molecule has 1 aliphatic rings. The van der Waals surface area contributed by atoms with Crippen LogP contribution in [-0.2, 0) is 10.0 Å². The maximum Gasteiger partial charge on any atom is 0.244 e. The molecule has 0 amide bonds. The van der Waals surface area contributed by atoms with E-state index in [0.29, 0.717) is 19.6 Å². The second-order valence-corrected chi connectivity index (χ2v) is 7.12. The van der Waals surface area contributed by atoms with E-state index in [4.69, 9.17) is 5.26 Å². The van der Waals surface area contributed by atoms with Crippen molar-refractivity contribution in [2.75, 3.05) is 19.6 Å². The Morgan fingerprint density at radius 2 is 2.26 bits per heavy atom. The van der Waals surface area contributed by atoms with E-state index in [2.05, 4.69) is 21.2 Å². The van der Waals surface area contributed by atoms with Gasteiger partial charge in [-0.05, 0) is 30.7 Å². The molecule has 7 heteroatoms. The summed E-state index contributed by atoms with van der Waals surface area (Å²) in [5, 5.41) is 12.1. The van der Waals surface area contributed by atoms with Crippen LogP contribution in [0.25, 0.3) is 0 Å². The van der Waals surface area contributed by atoms with Gasteiger partial charge >= 0.3 is 0 Å². The highest BCUT2D eigenvalue weighted by molar-refractivity contribution is 9.10. The molecule has 2 rings (SSSR count). The largest absolute Gasteiger partial charge is 0.313 e. The molecular weight excluding hydrogens is 330 g/mol. The number of halogens is 1. The number of benzene rings is 1. The SMILES string of the molecule is Cc1cc(S(=O)(=O)N2CCNCC2C#N)ccc1Br. The predicted octanol–water partition coefficient (Wildman–Crippen LogP) is 1.24. The van der Waals surface area contributed by atoms with Crippen molar-refractivity contribution in [1.29, 1.82) is 5.26 Å². The molecule has 0 spiro atoms. The summed E-state index contributed by atoms with van der Waals surface area (Å²) in [5.74, 6) is 0. The van der Waals surface area contributed by atoms with E-state index >= 15 is 0 Å². The van der Waals surface area contributed by atoms with Crippen LogP contribution in [-0.4, -0.2) is 38.4 Å². The summed E-state index contributed by atoms with van der Waals surface area (Å²) in [6.45, 7) is 3.08. The Bertz CT molecular complexity index is 624. The molecule has 1 aromatic rings. The number of aryl methyl sites for hydroxylation is 1. The number of nitrogens with zero attached hydrogens (tertiary/aromatic N) is 2. The van der Waals surface area contributed by atoms with Gasteiger partial charge in [0, 0.05) is 24.1 Å². The lowest BCUT2D eigenvalue weighted by molar-refractivity contribution is 0.312. The van der Waals surface area contributed by atoms with Gasteiger partial charge in [-0.1, -0.05) is 15.9 Å². The maximum atomic E-state index is 12.6. The topological polar surface area (TPSA) is 73.2 Å². The number of nitriles is 1. The minimum Gasteiger partial charge on any atom is -0.313 e. The van der Waals surface area contributed by atoms with E-state index in [-0.39, 0.29) is 4.90 Å². The number of rotatable bonds is 2. The molecule has 0 saturated carbocycles.